The Hall–Kier alpha value is -1.24. The van der Waals surface area contributed by atoms with E-state index in [4.69, 9.17) is 0 Å². The topological polar surface area (TPSA) is 54.0 Å². The van der Waals surface area contributed by atoms with Gasteiger partial charge in [-0.2, -0.15) is 0 Å². The number of pyridine rings is 1. The molecule has 0 unspecified atom stereocenters. The summed E-state index contributed by atoms with van der Waals surface area (Å²) in [5, 5.41) is 4.99. The van der Waals surface area contributed by atoms with Gasteiger partial charge in [-0.3, -0.25) is 4.98 Å². The molecule has 1 aliphatic rings. The molecule has 92 valence electrons. The van der Waals surface area contributed by atoms with E-state index in [2.05, 4.69) is 31.5 Å². The number of alkyl halides is 2. The van der Waals surface area contributed by atoms with Gasteiger partial charge in [-0.25, -0.2) is 13.6 Å². The van der Waals surface area contributed by atoms with Crippen LogP contribution < -0.4 is 10.6 Å². The molecule has 2 rings (SSSR count). The fourth-order valence-electron chi connectivity index (χ4n) is 1.60. The first kappa shape index (κ1) is 12.2. The number of nitrogens with one attached hydrogen (secondary N) is 2. The van der Waals surface area contributed by atoms with Crippen LogP contribution in [-0.4, -0.2) is 23.0 Å². The minimum absolute atomic E-state index is 0.294. The van der Waals surface area contributed by atoms with Crippen LogP contribution in [0, 0.1) is 0 Å². The van der Waals surface area contributed by atoms with Gasteiger partial charge in [0, 0.05) is 29.6 Å². The van der Waals surface area contributed by atoms with Gasteiger partial charge in [-0.1, -0.05) is 0 Å². The molecule has 7 heteroatoms. The number of hydrogen-bond acceptors (Lipinski definition) is 2. The number of carbonyl (C=O) groups excluding carboxylic acids is 1. The molecule has 1 fully saturated rings. The molecular weight excluding hydrogens is 296 g/mol. The molecule has 1 heterocycles. The highest BCUT2D eigenvalue weighted by Gasteiger charge is 2.45. The Morgan fingerprint density at radius 1 is 1.47 bits per heavy atom. The van der Waals surface area contributed by atoms with Gasteiger partial charge in [0.1, 0.15) is 0 Å². The molecule has 0 spiro atoms. The molecule has 2 amide bonds. The molecule has 0 radical (unpaired) electrons. The second-order valence-electron chi connectivity index (χ2n) is 3.95. The third-order valence-corrected chi connectivity index (χ3v) is 2.82. The van der Waals surface area contributed by atoms with Gasteiger partial charge in [-0.15, -0.1) is 0 Å². The van der Waals surface area contributed by atoms with Crippen LogP contribution in [0.1, 0.15) is 12.8 Å². The van der Waals surface area contributed by atoms with E-state index in [0.717, 1.165) is 4.47 Å². The van der Waals surface area contributed by atoms with Crippen LogP contribution in [0.3, 0.4) is 0 Å². The number of anilines is 1. The van der Waals surface area contributed by atoms with Crippen molar-refractivity contribution >= 4 is 27.6 Å². The van der Waals surface area contributed by atoms with Crippen LogP contribution >= 0.6 is 15.9 Å². The summed E-state index contributed by atoms with van der Waals surface area (Å²) in [5.41, 5.74) is 0.503. The smallest absolute Gasteiger partial charge is 0.319 e. The molecule has 17 heavy (non-hydrogen) atoms. The summed E-state index contributed by atoms with van der Waals surface area (Å²) in [6.45, 7) is 0. The lowest BCUT2D eigenvalue weighted by atomic mass is 9.88. The average molecular weight is 306 g/mol. The van der Waals surface area contributed by atoms with Crippen molar-refractivity contribution in [1.82, 2.24) is 10.3 Å². The van der Waals surface area contributed by atoms with Gasteiger partial charge in [0.2, 0.25) is 0 Å². The maximum absolute atomic E-state index is 12.5. The van der Waals surface area contributed by atoms with Crippen LogP contribution in [0.2, 0.25) is 0 Å². The van der Waals surface area contributed by atoms with Gasteiger partial charge < -0.3 is 10.6 Å². The van der Waals surface area contributed by atoms with Crippen molar-refractivity contribution in [2.24, 2.45) is 0 Å². The highest BCUT2D eigenvalue weighted by molar-refractivity contribution is 9.10. The fraction of sp³-hybridized carbons (Fsp3) is 0.400. The first-order valence-electron chi connectivity index (χ1n) is 5.00. The monoisotopic (exact) mass is 305 g/mol. The van der Waals surface area contributed by atoms with E-state index in [1.807, 2.05) is 0 Å². The summed E-state index contributed by atoms with van der Waals surface area (Å²) in [4.78, 5) is 15.3. The SMILES string of the molecule is O=C(Nc1cncc(Br)c1)NC1CC(F)(F)C1. The predicted molar refractivity (Wildman–Crippen MR) is 62.1 cm³/mol. The number of halogens is 3. The lowest BCUT2D eigenvalue weighted by molar-refractivity contribution is -0.0893. The molecule has 0 aromatic carbocycles. The molecule has 0 atom stereocenters. The normalized spacial score (nSPS) is 18.3. The summed E-state index contributed by atoms with van der Waals surface area (Å²) in [6, 6.07) is 0.720. The quantitative estimate of drug-likeness (QED) is 0.883. The summed E-state index contributed by atoms with van der Waals surface area (Å²) >= 11 is 3.21. The molecule has 2 N–H and O–H groups in total. The van der Waals surface area contributed by atoms with Crippen molar-refractivity contribution in [2.45, 2.75) is 24.8 Å². The van der Waals surface area contributed by atoms with Gasteiger partial charge in [0.05, 0.1) is 11.9 Å². The van der Waals surface area contributed by atoms with Crippen molar-refractivity contribution in [3.8, 4) is 0 Å². The molecule has 1 saturated carbocycles. The largest absolute Gasteiger partial charge is 0.335 e. The molecule has 0 bridgehead atoms. The zero-order valence-corrected chi connectivity index (χ0v) is 10.3. The maximum atomic E-state index is 12.5. The minimum Gasteiger partial charge on any atom is -0.335 e. The molecule has 4 nitrogen and oxygen atoms in total. The first-order chi connectivity index (χ1) is 7.94. The molecule has 1 aromatic rings. The summed E-state index contributed by atoms with van der Waals surface area (Å²) in [5.74, 6) is -2.63. The Kier molecular flexibility index (Phi) is 3.28. The summed E-state index contributed by atoms with van der Waals surface area (Å²) < 4.78 is 25.8. The Morgan fingerprint density at radius 3 is 2.76 bits per heavy atom. The van der Waals surface area contributed by atoms with Crippen molar-refractivity contribution in [3.05, 3.63) is 22.9 Å². The summed E-state index contributed by atoms with van der Waals surface area (Å²) in [6.07, 6.45) is 2.46. The second-order valence-corrected chi connectivity index (χ2v) is 4.87. The molecule has 1 aliphatic carbocycles. The molecule has 1 aromatic heterocycles. The number of aromatic nitrogens is 1. The number of nitrogens with zero attached hydrogens (tertiary/aromatic N) is 1. The van der Waals surface area contributed by atoms with E-state index in [1.54, 1.807) is 12.3 Å². The van der Waals surface area contributed by atoms with E-state index in [1.165, 1.54) is 6.20 Å². The zero-order chi connectivity index (χ0) is 12.5. The highest BCUT2D eigenvalue weighted by atomic mass is 79.9. The third-order valence-electron chi connectivity index (χ3n) is 2.39. The first-order valence-corrected chi connectivity index (χ1v) is 5.80. The molecule has 0 aliphatic heterocycles. The van der Waals surface area contributed by atoms with Crippen LogP contribution in [0.15, 0.2) is 22.9 Å². The number of carbonyl (C=O) groups is 1. The van der Waals surface area contributed by atoms with Crippen LogP contribution in [-0.2, 0) is 0 Å². The Labute approximate surface area is 105 Å². The van der Waals surface area contributed by atoms with E-state index in [9.17, 15) is 13.6 Å². The fourth-order valence-corrected chi connectivity index (χ4v) is 1.96. The van der Waals surface area contributed by atoms with Crippen LogP contribution in [0.5, 0.6) is 0 Å². The third kappa shape index (κ3) is 3.36. The Balaban J connectivity index is 1.82. The number of urea groups is 1. The van der Waals surface area contributed by atoms with Gasteiger partial charge in [0.25, 0.3) is 5.92 Å². The Morgan fingerprint density at radius 2 is 2.18 bits per heavy atom. The standard InChI is InChI=1S/C10H10BrF2N3O/c11-6-1-7(5-14-4-6)15-9(17)16-8-2-10(12,13)3-8/h1,4-5,8H,2-3H2,(H2,15,16,17). The lowest BCUT2D eigenvalue weighted by Crippen LogP contribution is -2.51. The van der Waals surface area contributed by atoms with Gasteiger partial charge in [0.15, 0.2) is 0 Å². The molecule has 0 saturated heterocycles. The summed E-state index contributed by atoms with van der Waals surface area (Å²) in [7, 11) is 0. The lowest BCUT2D eigenvalue weighted by Gasteiger charge is -2.35. The zero-order valence-electron chi connectivity index (χ0n) is 8.71. The maximum Gasteiger partial charge on any atom is 0.319 e. The van der Waals surface area contributed by atoms with Crippen molar-refractivity contribution < 1.29 is 13.6 Å². The van der Waals surface area contributed by atoms with Gasteiger partial charge >= 0.3 is 6.03 Å². The van der Waals surface area contributed by atoms with E-state index in [-0.39, 0.29) is 12.8 Å². The van der Waals surface area contributed by atoms with Crippen molar-refractivity contribution in [1.29, 1.82) is 0 Å². The van der Waals surface area contributed by atoms with Crippen molar-refractivity contribution in [2.75, 3.05) is 5.32 Å². The van der Waals surface area contributed by atoms with Crippen molar-refractivity contribution in [3.63, 3.8) is 0 Å². The van der Waals surface area contributed by atoms with E-state index < -0.39 is 18.0 Å². The molecular formula is C10H10BrF2N3O. The van der Waals surface area contributed by atoms with Gasteiger partial charge in [-0.05, 0) is 22.0 Å². The number of rotatable bonds is 2. The highest BCUT2D eigenvalue weighted by Crippen LogP contribution is 2.37. The minimum atomic E-state index is -2.63. The Bertz CT molecular complexity index is 433. The number of amides is 2. The predicted octanol–water partition coefficient (Wildman–Crippen LogP) is 2.76. The van der Waals surface area contributed by atoms with E-state index in [0.29, 0.717) is 5.69 Å². The van der Waals surface area contributed by atoms with E-state index >= 15 is 0 Å². The van der Waals surface area contributed by atoms with Crippen LogP contribution in [0.4, 0.5) is 19.3 Å². The number of hydrogen-bond donors (Lipinski definition) is 2. The van der Waals surface area contributed by atoms with Crippen LogP contribution in [0.25, 0.3) is 0 Å². The second kappa shape index (κ2) is 4.56. The average Bonchev–Trinajstić information content (AvgIpc) is 2.14.